The maximum absolute atomic E-state index is 12.5. The summed E-state index contributed by atoms with van der Waals surface area (Å²) in [6.07, 6.45) is 2.77. The number of halogens is 1. The maximum atomic E-state index is 12.5. The summed E-state index contributed by atoms with van der Waals surface area (Å²) in [5.41, 5.74) is 3.95. The number of carbonyl (C=O) groups excluding carboxylic acids is 1. The van der Waals surface area contributed by atoms with Gasteiger partial charge in [-0.3, -0.25) is 4.79 Å². The number of rotatable bonds is 3. The Balaban J connectivity index is 1.88. The summed E-state index contributed by atoms with van der Waals surface area (Å²) < 4.78 is 1.85. The minimum absolute atomic E-state index is 0.122. The van der Waals surface area contributed by atoms with E-state index in [-0.39, 0.29) is 5.91 Å². The number of amides is 1. The van der Waals surface area contributed by atoms with Crippen LogP contribution in [-0.4, -0.2) is 17.0 Å². The van der Waals surface area contributed by atoms with Crippen molar-refractivity contribution < 1.29 is 4.79 Å². The molecule has 1 amide bonds. The molecule has 0 fully saturated rings. The van der Waals surface area contributed by atoms with E-state index in [1.165, 1.54) is 11.1 Å². The van der Waals surface area contributed by atoms with E-state index >= 15 is 0 Å². The van der Waals surface area contributed by atoms with E-state index < -0.39 is 0 Å². The molecule has 3 rings (SSSR count). The van der Waals surface area contributed by atoms with E-state index in [0.29, 0.717) is 17.3 Å². The fraction of sp³-hybridized carbons (Fsp3) is 0.312. The number of fused-ring (bicyclic) bond motifs is 1. The molecule has 0 unspecified atom stereocenters. The molecule has 2 aromatic rings. The number of anilines is 1. The molecule has 5 heteroatoms. The van der Waals surface area contributed by atoms with Crippen LogP contribution in [0.15, 0.2) is 30.5 Å². The monoisotopic (exact) mass is 303 g/mol. The molecule has 1 aliphatic rings. The molecule has 1 aromatic heterocycles. The van der Waals surface area contributed by atoms with Crippen LogP contribution in [0.2, 0.25) is 5.02 Å². The number of aryl methyl sites for hydroxylation is 1. The fourth-order valence-corrected chi connectivity index (χ4v) is 2.97. The number of carbonyl (C=O) groups is 1. The quantitative estimate of drug-likeness (QED) is 0.915. The highest BCUT2D eigenvalue weighted by Crippen LogP contribution is 2.24. The Morgan fingerprint density at radius 1 is 1.48 bits per heavy atom. The van der Waals surface area contributed by atoms with Gasteiger partial charge in [0.25, 0.3) is 5.91 Å². The lowest BCUT2D eigenvalue weighted by atomic mass is 9.99. The number of aromatic nitrogens is 1. The highest BCUT2D eigenvalue weighted by Gasteiger charge is 2.17. The Labute approximate surface area is 129 Å². The van der Waals surface area contributed by atoms with Gasteiger partial charge in [0.05, 0.1) is 5.02 Å². The first kappa shape index (κ1) is 14.2. The number of hydrogen-bond acceptors (Lipinski definition) is 2. The summed E-state index contributed by atoms with van der Waals surface area (Å²) in [5, 5.41) is 6.94. The van der Waals surface area contributed by atoms with Crippen LogP contribution >= 0.6 is 11.6 Å². The summed E-state index contributed by atoms with van der Waals surface area (Å²) >= 11 is 6.00. The van der Waals surface area contributed by atoms with Crippen molar-refractivity contribution in [2.24, 2.45) is 0 Å². The van der Waals surface area contributed by atoms with Gasteiger partial charge >= 0.3 is 0 Å². The first-order valence-electron chi connectivity index (χ1n) is 7.17. The number of hydrogen-bond donors (Lipinski definition) is 2. The summed E-state index contributed by atoms with van der Waals surface area (Å²) in [7, 11) is 0. The molecule has 1 aromatic carbocycles. The highest BCUT2D eigenvalue weighted by molar-refractivity contribution is 6.31. The van der Waals surface area contributed by atoms with Crippen LogP contribution in [0.5, 0.6) is 0 Å². The number of nitrogens with one attached hydrogen (secondary N) is 2. The van der Waals surface area contributed by atoms with Gasteiger partial charge in [0.15, 0.2) is 0 Å². The van der Waals surface area contributed by atoms with Gasteiger partial charge in [-0.25, -0.2) is 0 Å². The van der Waals surface area contributed by atoms with Crippen molar-refractivity contribution in [1.82, 2.24) is 9.88 Å². The Hall–Kier alpha value is -1.78. The third kappa shape index (κ3) is 2.82. The summed E-state index contributed by atoms with van der Waals surface area (Å²) in [4.78, 5) is 12.5. The zero-order valence-electron chi connectivity index (χ0n) is 11.9. The first-order valence-corrected chi connectivity index (χ1v) is 7.55. The molecule has 0 saturated carbocycles. The lowest BCUT2D eigenvalue weighted by Crippen LogP contribution is -2.26. The molecule has 0 radical (unpaired) electrons. The second-order valence-corrected chi connectivity index (χ2v) is 5.59. The molecule has 0 bridgehead atoms. The lowest BCUT2D eigenvalue weighted by molar-refractivity contribution is 0.101. The smallest absolute Gasteiger partial charge is 0.272 e. The van der Waals surface area contributed by atoms with Crippen LogP contribution < -0.4 is 10.6 Å². The Morgan fingerprint density at radius 3 is 3.14 bits per heavy atom. The van der Waals surface area contributed by atoms with E-state index in [4.69, 9.17) is 11.6 Å². The second kappa shape index (κ2) is 5.92. The molecule has 21 heavy (non-hydrogen) atoms. The van der Waals surface area contributed by atoms with Crippen molar-refractivity contribution in [3.63, 3.8) is 0 Å². The predicted octanol–water partition coefficient (Wildman–Crippen LogP) is 3.06. The Bertz CT molecular complexity index is 678. The largest absolute Gasteiger partial charge is 0.342 e. The first-order chi connectivity index (χ1) is 10.2. The van der Waals surface area contributed by atoms with Gasteiger partial charge < -0.3 is 15.2 Å². The Morgan fingerprint density at radius 2 is 2.33 bits per heavy atom. The lowest BCUT2D eigenvalue weighted by Gasteiger charge is -2.20. The van der Waals surface area contributed by atoms with Crippen LogP contribution in [0.4, 0.5) is 5.69 Å². The molecule has 110 valence electrons. The molecule has 0 saturated heterocycles. The highest BCUT2D eigenvalue weighted by atomic mass is 35.5. The van der Waals surface area contributed by atoms with Gasteiger partial charge in [-0.1, -0.05) is 23.7 Å². The average molecular weight is 304 g/mol. The standard InChI is InChI=1S/C16H18ClN3O/c1-2-20-10-12(17)8-15(20)16(21)19-14-5-3-4-11-6-7-18-9-13(11)14/h3-5,8,10,18H,2,6-7,9H2,1H3,(H,19,21). The van der Waals surface area contributed by atoms with Crippen molar-refractivity contribution in [1.29, 1.82) is 0 Å². The van der Waals surface area contributed by atoms with Crippen molar-refractivity contribution in [3.8, 4) is 0 Å². The van der Waals surface area contributed by atoms with E-state index in [1.54, 1.807) is 12.3 Å². The van der Waals surface area contributed by atoms with E-state index in [1.807, 2.05) is 23.6 Å². The van der Waals surface area contributed by atoms with Crippen LogP contribution in [0, 0.1) is 0 Å². The van der Waals surface area contributed by atoms with Gasteiger partial charge in [-0.2, -0.15) is 0 Å². The molecule has 1 aliphatic heterocycles. The molecular weight excluding hydrogens is 286 g/mol. The van der Waals surface area contributed by atoms with Crippen LogP contribution in [0.1, 0.15) is 28.5 Å². The van der Waals surface area contributed by atoms with Gasteiger partial charge in [0.1, 0.15) is 5.69 Å². The fourth-order valence-electron chi connectivity index (χ4n) is 2.74. The normalized spacial score (nSPS) is 13.8. The predicted molar refractivity (Wildman–Crippen MR) is 84.9 cm³/mol. The van der Waals surface area contributed by atoms with Crippen molar-refractivity contribution in [2.75, 3.05) is 11.9 Å². The number of benzene rings is 1. The zero-order valence-corrected chi connectivity index (χ0v) is 12.7. The second-order valence-electron chi connectivity index (χ2n) is 5.15. The molecule has 0 spiro atoms. The van der Waals surface area contributed by atoms with Crippen LogP contribution in [-0.2, 0) is 19.5 Å². The summed E-state index contributed by atoms with van der Waals surface area (Å²) in [5.74, 6) is -0.122. The maximum Gasteiger partial charge on any atom is 0.272 e. The molecule has 4 nitrogen and oxygen atoms in total. The van der Waals surface area contributed by atoms with E-state index in [2.05, 4.69) is 16.7 Å². The van der Waals surface area contributed by atoms with Crippen molar-refractivity contribution >= 4 is 23.2 Å². The summed E-state index contributed by atoms with van der Waals surface area (Å²) in [6.45, 7) is 4.48. The van der Waals surface area contributed by atoms with Gasteiger partial charge in [0.2, 0.25) is 0 Å². The minimum Gasteiger partial charge on any atom is -0.342 e. The molecular formula is C16H18ClN3O. The molecule has 2 N–H and O–H groups in total. The molecule has 0 aliphatic carbocycles. The zero-order chi connectivity index (χ0) is 14.8. The van der Waals surface area contributed by atoms with Crippen LogP contribution in [0.3, 0.4) is 0 Å². The van der Waals surface area contributed by atoms with Gasteiger partial charge in [-0.15, -0.1) is 0 Å². The van der Waals surface area contributed by atoms with Gasteiger partial charge in [0, 0.05) is 25.0 Å². The SMILES string of the molecule is CCn1cc(Cl)cc1C(=O)Nc1cccc2c1CNCC2. The van der Waals surface area contributed by atoms with E-state index in [9.17, 15) is 4.79 Å². The van der Waals surface area contributed by atoms with Crippen LogP contribution in [0.25, 0.3) is 0 Å². The van der Waals surface area contributed by atoms with Gasteiger partial charge in [-0.05, 0) is 43.1 Å². The topological polar surface area (TPSA) is 46.1 Å². The third-order valence-electron chi connectivity index (χ3n) is 3.83. The number of nitrogens with zero attached hydrogens (tertiary/aromatic N) is 1. The molecule has 2 heterocycles. The third-order valence-corrected chi connectivity index (χ3v) is 4.04. The van der Waals surface area contributed by atoms with Crippen molar-refractivity contribution in [3.05, 3.63) is 52.3 Å². The average Bonchev–Trinajstić information content (AvgIpc) is 2.89. The van der Waals surface area contributed by atoms with E-state index in [0.717, 1.165) is 25.2 Å². The van der Waals surface area contributed by atoms with Crippen molar-refractivity contribution in [2.45, 2.75) is 26.4 Å². The molecule has 0 atom stereocenters. The summed E-state index contributed by atoms with van der Waals surface area (Å²) in [6, 6.07) is 7.77. The Kier molecular flexibility index (Phi) is 3.99. The minimum atomic E-state index is -0.122.